The molecule has 4 nitrogen and oxygen atoms in total. The van der Waals surface area contributed by atoms with Crippen LogP contribution in [-0.4, -0.2) is 63.3 Å². The van der Waals surface area contributed by atoms with Gasteiger partial charge in [-0.1, -0.05) is 60.7 Å². The topological polar surface area (TPSA) is 24.9 Å². The van der Waals surface area contributed by atoms with Crippen molar-refractivity contribution in [2.24, 2.45) is 0 Å². The molecule has 2 aromatic carbocycles. The third-order valence-corrected chi connectivity index (χ3v) is 5.06. The summed E-state index contributed by atoms with van der Waals surface area (Å²) in [6.45, 7) is 6.33. The number of ether oxygens (including phenoxy) is 2. The zero-order valence-corrected chi connectivity index (χ0v) is 19.3. The number of rotatable bonds is 8. The number of halogens is 2. The van der Waals surface area contributed by atoms with Crippen molar-refractivity contribution in [3.05, 3.63) is 71.8 Å². The van der Waals surface area contributed by atoms with Crippen molar-refractivity contribution in [2.45, 2.75) is 0 Å². The monoisotopic (exact) mass is 450 g/mol. The maximum absolute atomic E-state index is 5.40. The average Bonchev–Trinajstić information content (AvgIpc) is 2.75. The lowest BCUT2D eigenvalue weighted by molar-refractivity contribution is 0.154. The second kappa shape index (κ2) is 14.1. The highest BCUT2D eigenvalue weighted by atomic mass is 35.5. The van der Waals surface area contributed by atoms with Crippen molar-refractivity contribution in [3.63, 3.8) is 0 Å². The summed E-state index contributed by atoms with van der Waals surface area (Å²) in [5, 5.41) is 0. The largest absolute Gasteiger partial charge is 0.496 e. The van der Waals surface area contributed by atoms with E-state index in [1.165, 1.54) is 0 Å². The average molecular weight is 451 g/mol. The first-order chi connectivity index (χ1) is 13.8. The van der Waals surface area contributed by atoms with Gasteiger partial charge in [0.1, 0.15) is 11.5 Å². The minimum absolute atomic E-state index is 0. The molecule has 0 radical (unpaired) electrons. The molecule has 1 heterocycles. The summed E-state index contributed by atoms with van der Waals surface area (Å²) < 4.78 is 10.8. The molecule has 0 atom stereocenters. The number of para-hydroxylation sites is 2. The van der Waals surface area contributed by atoms with E-state index in [2.05, 4.69) is 46.2 Å². The molecule has 164 valence electrons. The van der Waals surface area contributed by atoms with Crippen molar-refractivity contribution >= 4 is 37.0 Å². The first-order valence-corrected chi connectivity index (χ1v) is 9.84. The van der Waals surface area contributed by atoms with Gasteiger partial charge in [0, 0.05) is 50.4 Å². The maximum atomic E-state index is 5.40. The fraction of sp³-hybridized carbons (Fsp3) is 0.333. The molecule has 0 saturated carbocycles. The van der Waals surface area contributed by atoms with E-state index >= 15 is 0 Å². The first kappa shape index (κ1) is 26.1. The van der Waals surface area contributed by atoms with E-state index in [9.17, 15) is 0 Å². The Balaban J connectivity index is 0.00000225. The fourth-order valence-corrected chi connectivity index (χ4v) is 3.42. The molecule has 0 N–H and O–H groups in total. The van der Waals surface area contributed by atoms with Crippen LogP contribution in [0, 0.1) is 0 Å². The lowest BCUT2D eigenvalue weighted by atomic mass is 10.2. The van der Waals surface area contributed by atoms with Crippen LogP contribution in [0.5, 0.6) is 11.5 Å². The van der Waals surface area contributed by atoms with Crippen LogP contribution in [0.25, 0.3) is 12.2 Å². The van der Waals surface area contributed by atoms with Gasteiger partial charge in [-0.2, -0.15) is 0 Å². The molecule has 0 bridgehead atoms. The van der Waals surface area contributed by atoms with Crippen LogP contribution in [0.3, 0.4) is 0 Å². The summed E-state index contributed by atoms with van der Waals surface area (Å²) in [5.74, 6) is 1.84. The van der Waals surface area contributed by atoms with E-state index in [1.54, 1.807) is 14.2 Å². The summed E-state index contributed by atoms with van der Waals surface area (Å²) in [6, 6.07) is 16.2. The first-order valence-electron chi connectivity index (χ1n) is 9.84. The summed E-state index contributed by atoms with van der Waals surface area (Å²) in [6.07, 6.45) is 8.77. The molecule has 1 aliphatic rings. The SMILES string of the molecule is COc1ccccc1/C=C/CN1CCN(C/C=C/c2ccccc2OC)CC1.Cl.Cl. The zero-order chi connectivity index (χ0) is 19.6. The number of benzene rings is 2. The van der Waals surface area contributed by atoms with Crippen LogP contribution in [0.2, 0.25) is 0 Å². The Bertz CT molecular complexity index is 736. The lowest BCUT2D eigenvalue weighted by Gasteiger charge is -2.33. The van der Waals surface area contributed by atoms with Crippen LogP contribution in [0.1, 0.15) is 11.1 Å². The van der Waals surface area contributed by atoms with Gasteiger partial charge in [-0.05, 0) is 12.1 Å². The van der Waals surface area contributed by atoms with Crippen molar-refractivity contribution in [1.29, 1.82) is 0 Å². The number of methoxy groups -OCH3 is 2. The third kappa shape index (κ3) is 7.69. The Hall–Kier alpha value is -1.98. The normalized spacial score (nSPS) is 15.0. The molecule has 30 heavy (non-hydrogen) atoms. The molecule has 1 aliphatic heterocycles. The molecule has 0 amide bonds. The number of hydrogen-bond donors (Lipinski definition) is 0. The van der Waals surface area contributed by atoms with Gasteiger partial charge in [-0.3, -0.25) is 9.80 Å². The molecule has 0 aromatic heterocycles. The van der Waals surface area contributed by atoms with E-state index < -0.39 is 0 Å². The predicted molar refractivity (Wildman–Crippen MR) is 131 cm³/mol. The predicted octanol–water partition coefficient (Wildman–Crippen LogP) is 4.89. The Morgan fingerprint density at radius 1 is 0.667 bits per heavy atom. The Morgan fingerprint density at radius 3 is 1.40 bits per heavy atom. The Kier molecular flexibility index (Phi) is 12.2. The van der Waals surface area contributed by atoms with Gasteiger partial charge in [0.05, 0.1) is 14.2 Å². The van der Waals surface area contributed by atoms with E-state index in [0.29, 0.717) is 0 Å². The molecule has 6 heteroatoms. The minimum atomic E-state index is 0. The van der Waals surface area contributed by atoms with Crippen molar-refractivity contribution < 1.29 is 9.47 Å². The van der Waals surface area contributed by atoms with Crippen LogP contribution in [0.4, 0.5) is 0 Å². The number of piperazine rings is 1. The summed E-state index contributed by atoms with van der Waals surface area (Å²) >= 11 is 0. The summed E-state index contributed by atoms with van der Waals surface area (Å²) in [5.41, 5.74) is 2.26. The van der Waals surface area contributed by atoms with E-state index in [0.717, 1.165) is 61.9 Å². The summed E-state index contributed by atoms with van der Waals surface area (Å²) in [4.78, 5) is 4.98. The quantitative estimate of drug-likeness (QED) is 0.571. The van der Waals surface area contributed by atoms with Gasteiger partial charge in [0.15, 0.2) is 0 Å². The summed E-state index contributed by atoms with van der Waals surface area (Å²) in [7, 11) is 3.43. The lowest BCUT2D eigenvalue weighted by Crippen LogP contribution is -2.46. The van der Waals surface area contributed by atoms with Crippen LogP contribution >= 0.6 is 24.8 Å². The molecule has 2 aromatic rings. The Morgan fingerprint density at radius 2 is 1.03 bits per heavy atom. The molecule has 0 spiro atoms. The highest BCUT2D eigenvalue weighted by Crippen LogP contribution is 2.19. The smallest absolute Gasteiger partial charge is 0.126 e. The van der Waals surface area contributed by atoms with Crippen LogP contribution < -0.4 is 9.47 Å². The second-order valence-corrected chi connectivity index (χ2v) is 6.89. The molecular formula is C24H32Cl2N2O2. The van der Waals surface area contributed by atoms with Gasteiger partial charge in [0.25, 0.3) is 0 Å². The number of hydrogen-bond acceptors (Lipinski definition) is 4. The molecule has 0 aliphatic carbocycles. The molecule has 3 rings (SSSR count). The standard InChI is InChI=1S/C24H30N2O2.2ClH/c1-27-23-13-5-3-9-21(23)11-7-15-25-17-19-26(20-18-25)16-8-12-22-10-4-6-14-24(22)28-2;;/h3-14H,15-20H2,1-2H3;2*1H/b11-7+,12-8+;;. The maximum Gasteiger partial charge on any atom is 0.126 e. The second-order valence-electron chi connectivity index (χ2n) is 6.89. The highest BCUT2D eigenvalue weighted by Gasteiger charge is 2.14. The van der Waals surface area contributed by atoms with Crippen molar-refractivity contribution in [2.75, 3.05) is 53.5 Å². The minimum Gasteiger partial charge on any atom is -0.496 e. The van der Waals surface area contributed by atoms with Gasteiger partial charge in [-0.15, -0.1) is 24.8 Å². The van der Waals surface area contributed by atoms with E-state index in [-0.39, 0.29) is 24.8 Å². The Labute approximate surface area is 193 Å². The van der Waals surface area contributed by atoms with Crippen LogP contribution in [-0.2, 0) is 0 Å². The van der Waals surface area contributed by atoms with Crippen LogP contribution in [0.15, 0.2) is 60.7 Å². The van der Waals surface area contributed by atoms with E-state index in [1.807, 2.05) is 36.4 Å². The molecular weight excluding hydrogens is 419 g/mol. The van der Waals surface area contributed by atoms with Gasteiger partial charge in [-0.25, -0.2) is 0 Å². The van der Waals surface area contributed by atoms with E-state index in [4.69, 9.17) is 9.47 Å². The zero-order valence-electron chi connectivity index (χ0n) is 17.7. The molecule has 1 fully saturated rings. The van der Waals surface area contributed by atoms with Gasteiger partial charge >= 0.3 is 0 Å². The molecule has 1 saturated heterocycles. The van der Waals surface area contributed by atoms with Gasteiger partial charge in [0.2, 0.25) is 0 Å². The third-order valence-electron chi connectivity index (χ3n) is 5.06. The van der Waals surface area contributed by atoms with Crippen molar-refractivity contribution in [3.8, 4) is 11.5 Å². The number of nitrogens with zero attached hydrogens (tertiary/aromatic N) is 2. The van der Waals surface area contributed by atoms with Crippen molar-refractivity contribution in [1.82, 2.24) is 9.80 Å². The molecule has 0 unspecified atom stereocenters. The highest BCUT2D eigenvalue weighted by molar-refractivity contribution is 5.85. The van der Waals surface area contributed by atoms with Gasteiger partial charge < -0.3 is 9.47 Å². The fourth-order valence-electron chi connectivity index (χ4n) is 3.42.